The number of aromatic nitrogens is 3. The third-order valence-corrected chi connectivity index (χ3v) is 4.78. The molecule has 0 saturated carbocycles. The lowest BCUT2D eigenvalue weighted by Gasteiger charge is -2.21. The Balaban J connectivity index is 1.90. The monoisotopic (exact) mass is 402 g/mol. The lowest BCUT2D eigenvalue weighted by Crippen LogP contribution is -2.12. The molecule has 0 fully saturated rings. The lowest BCUT2D eigenvalue weighted by atomic mass is 9.93. The Morgan fingerprint density at radius 1 is 1.07 bits per heavy atom. The number of benzene rings is 2. The van der Waals surface area contributed by atoms with Gasteiger partial charge in [-0.3, -0.25) is 4.98 Å². The molecule has 1 atom stereocenters. The number of fused-ring (bicyclic) bond motifs is 1. The van der Waals surface area contributed by atoms with Crippen LogP contribution in [0.5, 0.6) is 0 Å². The highest BCUT2D eigenvalue weighted by atomic mass is 19.1. The maximum Gasteiger partial charge on any atom is 0.150 e. The molecule has 0 saturated heterocycles. The predicted octanol–water partition coefficient (Wildman–Crippen LogP) is 4.60. The molecular weight excluding hydrogens is 386 g/mol. The van der Waals surface area contributed by atoms with Crippen molar-refractivity contribution in [3.63, 3.8) is 0 Å². The second-order valence-corrected chi connectivity index (χ2v) is 6.72. The van der Waals surface area contributed by atoms with Crippen LogP contribution in [0.15, 0.2) is 55.0 Å². The molecule has 0 spiro atoms. The summed E-state index contributed by atoms with van der Waals surface area (Å²) in [5.74, 6) is -0.501. The minimum atomic E-state index is -0.421. The number of hydrogen-bond acceptors (Lipinski definition) is 6. The summed E-state index contributed by atoms with van der Waals surface area (Å²) in [6, 6.07) is 11.9. The molecule has 1 unspecified atom stereocenters. The van der Waals surface area contributed by atoms with Crippen molar-refractivity contribution in [2.75, 3.05) is 11.1 Å². The summed E-state index contributed by atoms with van der Waals surface area (Å²) in [6.07, 6.45) is 2.90. The van der Waals surface area contributed by atoms with Gasteiger partial charge in [-0.15, -0.1) is 0 Å². The SMILES string of the molecule is CC(Nc1ncnc(N)c1C#N)c1cnc2ccc(F)cc2c1-c1cccc(F)c1. The van der Waals surface area contributed by atoms with E-state index in [2.05, 4.69) is 20.3 Å². The van der Waals surface area contributed by atoms with E-state index >= 15 is 0 Å². The van der Waals surface area contributed by atoms with Crippen LogP contribution in [0.4, 0.5) is 20.4 Å². The van der Waals surface area contributed by atoms with E-state index in [1.165, 1.54) is 30.6 Å². The van der Waals surface area contributed by atoms with E-state index in [1.54, 1.807) is 24.4 Å². The van der Waals surface area contributed by atoms with Crippen molar-refractivity contribution in [1.29, 1.82) is 5.26 Å². The molecule has 0 aliphatic rings. The Labute approximate surface area is 171 Å². The van der Waals surface area contributed by atoms with E-state index in [4.69, 9.17) is 5.73 Å². The fraction of sp³-hybridized carbons (Fsp3) is 0.0909. The maximum absolute atomic E-state index is 14.1. The highest BCUT2D eigenvalue weighted by Crippen LogP contribution is 2.36. The van der Waals surface area contributed by atoms with Gasteiger partial charge in [0, 0.05) is 17.1 Å². The van der Waals surface area contributed by atoms with Crippen molar-refractivity contribution in [2.24, 2.45) is 0 Å². The number of nitrogens with one attached hydrogen (secondary N) is 1. The van der Waals surface area contributed by atoms with E-state index in [9.17, 15) is 14.0 Å². The molecule has 2 aromatic heterocycles. The van der Waals surface area contributed by atoms with E-state index in [0.29, 0.717) is 27.6 Å². The van der Waals surface area contributed by atoms with Crippen LogP contribution < -0.4 is 11.1 Å². The number of pyridine rings is 1. The summed E-state index contributed by atoms with van der Waals surface area (Å²) in [7, 11) is 0. The Kier molecular flexibility index (Phi) is 4.94. The normalized spacial score (nSPS) is 11.8. The molecule has 3 N–H and O–H groups in total. The first kappa shape index (κ1) is 19.2. The second kappa shape index (κ2) is 7.72. The third kappa shape index (κ3) is 3.49. The van der Waals surface area contributed by atoms with Gasteiger partial charge in [-0.25, -0.2) is 18.7 Å². The molecular formula is C22H16F2N6. The Hall–Kier alpha value is -4.12. The van der Waals surface area contributed by atoms with Crippen LogP contribution in [0.3, 0.4) is 0 Å². The van der Waals surface area contributed by atoms with Crippen LogP contribution >= 0.6 is 0 Å². The number of halogens is 2. The molecule has 0 bridgehead atoms. The zero-order valence-corrected chi connectivity index (χ0v) is 15.9. The molecule has 8 heteroatoms. The molecule has 0 amide bonds. The minimum absolute atomic E-state index is 0.0614. The van der Waals surface area contributed by atoms with Crippen molar-refractivity contribution in [3.05, 3.63) is 77.8 Å². The maximum atomic E-state index is 14.1. The number of nitrogen functional groups attached to an aromatic ring is 1. The molecule has 2 aromatic carbocycles. The Morgan fingerprint density at radius 3 is 2.63 bits per heavy atom. The molecule has 0 aliphatic carbocycles. The van der Waals surface area contributed by atoms with Crippen LogP contribution in [-0.4, -0.2) is 15.0 Å². The first-order valence-corrected chi connectivity index (χ1v) is 9.09. The minimum Gasteiger partial charge on any atom is -0.382 e. The molecule has 148 valence electrons. The summed E-state index contributed by atoms with van der Waals surface area (Å²) in [5.41, 5.74) is 8.37. The third-order valence-electron chi connectivity index (χ3n) is 4.78. The molecule has 2 heterocycles. The average Bonchev–Trinajstić information content (AvgIpc) is 2.73. The number of rotatable bonds is 4. The first-order chi connectivity index (χ1) is 14.5. The van der Waals surface area contributed by atoms with Gasteiger partial charge in [-0.05, 0) is 48.4 Å². The number of hydrogen-bond donors (Lipinski definition) is 2. The topological polar surface area (TPSA) is 101 Å². The van der Waals surface area contributed by atoms with Gasteiger partial charge in [0.1, 0.15) is 41.2 Å². The predicted molar refractivity (Wildman–Crippen MR) is 110 cm³/mol. The number of anilines is 2. The van der Waals surface area contributed by atoms with Crippen molar-refractivity contribution < 1.29 is 8.78 Å². The Bertz CT molecular complexity index is 1300. The fourth-order valence-electron chi connectivity index (χ4n) is 3.38. The van der Waals surface area contributed by atoms with Gasteiger partial charge in [0.15, 0.2) is 0 Å². The van der Waals surface area contributed by atoms with Gasteiger partial charge in [-0.2, -0.15) is 5.26 Å². The van der Waals surface area contributed by atoms with Gasteiger partial charge in [-0.1, -0.05) is 12.1 Å². The zero-order chi connectivity index (χ0) is 21.3. The summed E-state index contributed by atoms with van der Waals surface area (Å²) >= 11 is 0. The highest BCUT2D eigenvalue weighted by molar-refractivity contribution is 5.96. The van der Waals surface area contributed by atoms with Crippen LogP contribution in [0.2, 0.25) is 0 Å². The van der Waals surface area contributed by atoms with Crippen molar-refractivity contribution in [1.82, 2.24) is 15.0 Å². The van der Waals surface area contributed by atoms with Gasteiger partial charge >= 0.3 is 0 Å². The molecule has 30 heavy (non-hydrogen) atoms. The summed E-state index contributed by atoms with van der Waals surface area (Å²) in [5, 5.41) is 13.1. The van der Waals surface area contributed by atoms with Crippen LogP contribution in [0, 0.1) is 23.0 Å². The molecule has 0 aliphatic heterocycles. The van der Waals surface area contributed by atoms with Crippen LogP contribution in [-0.2, 0) is 0 Å². The van der Waals surface area contributed by atoms with Gasteiger partial charge in [0.2, 0.25) is 0 Å². The van der Waals surface area contributed by atoms with E-state index < -0.39 is 17.7 Å². The summed E-state index contributed by atoms with van der Waals surface area (Å²) in [4.78, 5) is 12.4. The van der Waals surface area contributed by atoms with Gasteiger partial charge in [0.05, 0.1) is 11.6 Å². The van der Waals surface area contributed by atoms with Crippen molar-refractivity contribution in [2.45, 2.75) is 13.0 Å². The average molecular weight is 402 g/mol. The van der Waals surface area contributed by atoms with E-state index in [-0.39, 0.29) is 17.2 Å². The van der Waals surface area contributed by atoms with E-state index in [0.717, 1.165) is 0 Å². The largest absolute Gasteiger partial charge is 0.382 e. The highest BCUT2D eigenvalue weighted by Gasteiger charge is 2.19. The standard InChI is InChI=1S/C22H16F2N6/c1-12(30-22-17(9-25)21(26)28-11-29-22)18-10-27-19-6-5-15(24)8-16(19)20(18)13-3-2-4-14(23)7-13/h2-8,10-12H,1H3,(H3,26,28,29,30). The molecule has 0 radical (unpaired) electrons. The van der Waals surface area contributed by atoms with Gasteiger partial charge in [0.25, 0.3) is 0 Å². The fourth-order valence-corrected chi connectivity index (χ4v) is 3.38. The van der Waals surface area contributed by atoms with Crippen LogP contribution in [0.1, 0.15) is 24.1 Å². The lowest BCUT2D eigenvalue weighted by molar-refractivity contribution is 0.628. The van der Waals surface area contributed by atoms with Crippen molar-refractivity contribution in [3.8, 4) is 17.2 Å². The van der Waals surface area contributed by atoms with E-state index in [1.807, 2.05) is 13.0 Å². The zero-order valence-electron chi connectivity index (χ0n) is 15.9. The summed E-state index contributed by atoms with van der Waals surface area (Å²) < 4.78 is 28.0. The summed E-state index contributed by atoms with van der Waals surface area (Å²) in [6.45, 7) is 1.84. The number of nitrogens with zero attached hydrogens (tertiary/aromatic N) is 4. The smallest absolute Gasteiger partial charge is 0.150 e. The van der Waals surface area contributed by atoms with Crippen LogP contribution in [0.25, 0.3) is 22.0 Å². The quantitative estimate of drug-likeness (QED) is 0.518. The Morgan fingerprint density at radius 2 is 1.87 bits per heavy atom. The molecule has 4 aromatic rings. The van der Waals surface area contributed by atoms with Gasteiger partial charge < -0.3 is 11.1 Å². The number of nitriles is 1. The second-order valence-electron chi connectivity index (χ2n) is 6.72. The molecule has 4 rings (SSSR count). The molecule has 6 nitrogen and oxygen atoms in total. The first-order valence-electron chi connectivity index (χ1n) is 9.09. The van der Waals surface area contributed by atoms with Crippen molar-refractivity contribution >= 4 is 22.5 Å². The number of nitrogens with two attached hydrogens (primary N) is 1.